The van der Waals surface area contributed by atoms with Crippen LogP contribution in [-0.4, -0.2) is 0 Å². The zero-order valence-electron chi connectivity index (χ0n) is 31.4. The van der Waals surface area contributed by atoms with E-state index in [0.717, 1.165) is 12.8 Å². The van der Waals surface area contributed by atoms with E-state index in [0.29, 0.717) is 0 Å². The fourth-order valence-corrected chi connectivity index (χ4v) is 8.07. The Morgan fingerprint density at radius 2 is 0.827 bits per heavy atom. The minimum absolute atomic E-state index is 0. The first-order chi connectivity index (χ1) is 23.9. The van der Waals surface area contributed by atoms with Crippen molar-refractivity contribution in [1.82, 2.24) is 0 Å². The monoisotopic (exact) mass is 840 g/mol. The molecule has 0 aromatic heterocycles. The van der Waals surface area contributed by atoms with E-state index in [1.165, 1.54) is 88.3 Å². The molecule has 0 unspecified atom stereocenters. The van der Waals surface area contributed by atoms with E-state index >= 15 is 0 Å². The molecule has 0 heterocycles. The molecule has 0 atom stereocenters. The van der Waals surface area contributed by atoms with Gasteiger partial charge in [-0.1, -0.05) is 131 Å². The summed E-state index contributed by atoms with van der Waals surface area (Å²) in [5.74, 6) is 0. The van der Waals surface area contributed by atoms with Crippen LogP contribution in [0, 0.1) is 42.5 Å². The van der Waals surface area contributed by atoms with Crippen molar-refractivity contribution in [2.75, 3.05) is 0 Å². The van der Waals surface area contributed by atoms with Crippen molar-refractivity contribution in [2.45, 2.75) is 46.0 Å². The van der Waals surface area contributed by atoms with Gasteiger partial charge in [0, 0.05) is 0 Å². The minimum atomic E-state index is -0.307. The Hall–Kier alpha value is -4.59. The normalized spacial score (nSPS) is 11.2. The molecule has 0 spiro atoms. The van der Waals surface area contributed by atoms with Gasteiger partial charge in [0.1, 0.15) is 0 Å². The summed E-state index contributed by atoms with van der Waals surface area (Å²) in [6, 6.07) is 59.5. The van der Waals surface area contributed by atoms with Gasteiger partial charge in [0.25, 0.3) is 0 Å². The van der Waals surface area contributed by atoms with Crippen molar-refractivity contribution in [2.24, 2.45) is 0 Å². The Bertz CT molecular complexity index is 2250. The largest absolute Gasteiger partial charge is 4.00 e. The molecule has 0 aliphatic carbocycles. The molecule has 256 valence electrons. The summed E-state index contributed by atoms with van der Waals surface area (Å²) in [5, 5.41) is 5.24. The average molecular weight is 839 g/mol. The predicted octanol–water partition coefficient (Wildman–Crippen LogP) is 13.7. The molecule has 0 nitrogen and oxygen atoms in total. The maximum Gasteiger partial charge on any atom is 4.00 e. The minimum Gasteiger partial charge on any atom is -0.358 e. The van der Waals surface area contributed by atoms with Gasteiger partial charge in [-0.15, -0.1) is 69.1 Å². The molecule has 0 bridgehead atoms. The fraction of sp³-hybridized carbons (Fsp3) is 0.137. The summed E-state index contributed by atoms with van der Waals surface area (Å²) in [7, 11) is 0. The third-order valence-corrected chi connectivity index (χ3v) is 10.7. The molecule has 0 saturated heterocycles. The molecule has 8 aromatic rings. The molecule has 0 fully saturated rings. The van der Waals surface area contributed by atoms with E-state index in [-0.39, 0.29) is 46.1 Å². The first-order valence-electron chi connectivity index (χ1n) is 17.5. The molecule has 0 amide bonds. The number of benzene rings is 6. The second-order valence-electron chi connectivity index (χ2n) is 14.1. The first kappa shape index (κ1) is 38.6. The van der Waals surface area contributed by atoms with Crippen LogP contribution in [-0.2, 0) is 44.1 Å². The number of aryl methyl sites for hydroxylation is 4. The molecule has 52 heavy (non-hydrogen) atoms. The maximum atomic E-state index is 2.52. The van der Waals surface area contributed by atoms with Crippen LogP contribution < -0.4 is 0 Å². The summed E-state index contributed by atoms with van der Waals surface area (Å²) in [6.07, 6.45) is 1.79. The Morgan fingerprint density at radius 3 is 1.23 bits per heavy atom. The molecule has 0 radical (unpaired) electrons. The van der Waals surface area contributed by atoms with Crippen molar-refractivity contribution < 1.29 is 25.8 Å². The van der Waals surface area contributed by atoms with Gasteiger partial charge in [-0.3, -0.25) is 0 Å². The van der Waals surface area contributed by atoms with Gasteiger partial charge >= 0.3 is 25.8 Å². The zero-order valence-corrected chi connectivity index (χ0v) is 35.0. The molecule has 0 saturated carbocycles. The Morgan fingerprint density at radius 1 is 0.423 bits per heavy atom. The second-order valence-corrected chi connectivity index (χ2v) is 14.1. The van der Waals surface area contributed by atoms with Crippen LogP contribution in [0.4, 0.5) is 0 Å². The molecule has 0 aliphatic heterocycles. The van der Waals surface area contributed by atoms with E-state index in [4.69, 9.17) is 0 Å². The van der Waals surface area contributed by atoms with Gasteiger partial charge in [-0.05, 0) is 79.3 Å². The van der Waals surface area contributed by atoms with Crippen LogP contribution in [0.1, 0.15) is 44.5 Å². The molecule has 1 heteroatoms. The van der Waals surface area contributed by atoms with Crippen LogP contribution in [0.3, 0.4) is 0 Å². The number of hydrogen-bond donors (Lipinski definition) is 0. The van der Waals surface area contributed by atoms with Crippen LogP contribution in [0.2, 0.25) is 0 Å². The Balaban J connectivity index is 0.00000174. The van der Waals surface area contributed by atoms with E-state index in [1.807, 2.05) is 0 Å². The Kier molecular flexibility index (Phi) is 11.9. The van der Waals surface area contributed by atoms with Crippen LogP contribution in [0.15, 0.2) is 158 Å². The fourth-order valence-electron chi connectivity index (χ4n) is 8.07. The SMILES string of the molecule is Cc1ccc(C)c(-c2cccc3[cH-]c(C(Cc4ccccc4)(Cc4ccccc4)c4cc5c(-c6cc(C)ccc6C)cccc5[cH-]4)cc23)c1.[CH3-].[CH3-].[Hf+4]. The van der Waals surface area contributed by atoms with Crippen molar-refractivity contribution in [3.8, 4) is 22.3 Å². The predicted molar refractivity (Wildman–Crippen MR) is 223 cm³/mol. The topological polar surface area (TPSA) is 0 Å². The summed E-state index contributed by atoms with van der Waals surface area (Å²) in [6.45, 7) is 8.85. The van der Waals surface area contributed by atoms with Gasteiger partial charge in [0.15, 0.2) is 0 Å². The maximum absolute atomic E-state index is 2.52. The van der Waals surface area contributed by atoms with Crippen molar-refractivity contribution in [3.05, 3.63) is 217 Å². The van der Waals surface area contributed by atoms with Gasteiger partial charge in [0.2, 0.25) is 0 Å². The number of fused-ring (bicyclic) bond motifs is 2. The summed E-state index contributed by atoms with van der Waals surface area (Å²) in [5.41, 5.74) is 15.6. The van der Waals surface area contributed by atoms with Crippen LogP contribution in [0.25, 0.3) is 43.8 Å². The third kappa shape index (κ3) is 7.22. The summed E-state index contributed by atoms with van der Waals surface area (Å²) >= 11 is 0. The Labute approximate surface area is 330 Å². The van der Waals surface area contributed by atoms with Crippen molar-refractivity contribution in [3.63, 3.8) is 0 Å². The number of hydrogen-bond acceptors (Lipinski definition) is 0. The molecule has 0 N–H and O–H groups in total. The quantitative estimate of drug-likeness (QED) is 0.106. The molecule has 8 aromatic carbocycles. The summed E-state index contributed by atoms with van der Waals surface area (Å²) in [4.78, 5) is 0. The zero-order chi connectivity index (χ0) is 33.5. The molecule has 8 rings (SSSR count). The molecular weight excluding hydrogens is 791 g/mol. The van der Waals surface area contributed by atoms with E-state index < -0.39 is 0 Å². The van der Waals surface area contributed by atoms with Gasteiger partial charge in [-0.2, -0.15) is 12.1 Å². The van der Waals surface area contributed by atoms with E-state index in [1.54, 1.807) is 0 Å². The third-order valence-electron chi connectivity index (χ3n) is 10.7. The van der Waals surface area contributed by atoms with E-state index in [9.17, 15) is 0 Å². The molecule has 0 aliphatic rings. The molecular formula is C51H48Hf. The van der Waals surface area contributed by atoms with Crippen LogP contribution in [0.5, 0.6) is 0 Å². The van der Waals surface area contributed by atoms with E-state index in [2.05, 4.69) is 185 Å². The van der Waals surface area contributed by atoms with Gasteiger partial charge in [0.05, 0.1) is 0 Å². The average Bonchev–Trinajstić information content (AvgIpc) is 3.77. The van der Waals surface area contributed by atoms with Crippen molar-refractivity contribution in [1.29, 1.82) is 0 Å². The first-order valence-corrected chi connectivity index (χ1v) is 17.5. The summed E-state index contributed by atoms with van der Waals surface area (Å²) < 4.78 is 0. The van der Waals surface area contributed by atoms with Crippen molar-refractivity contribution >= 4 is 21.5 Å². The standard InChI is InChI=1S/C49H42.2CH3.Hf/c1-33-21-23-35(3)45(25-33)43-19-11-17-39-27-41(29-47(39)43)49(31-37-13-7-5-8-14-37,32-38-15-9-6-10-16-38)42-28-40-18-12-20-44(48(40)30-42)46-26-34(2)22-24-36(46)4;;;/h5-30H,31-32H2,1-4H3;2*1H3;/q-2;2*-1;+4. The number of rotatable bonds is 8. The van der Waals surface area contributed by atoms with Gasteiger partial charge in [-0.25, -0.2) is 0 Å². The van der Waals surface area contributed by atoms with Gasteiger partial charge < -0.3 is 14.9 Å². The van der Waals surface area contributed by atoms with Crippen LogP contribution >= 0.6 is 0 Å². The second kappa shape index (κ2) is 16.0. The smallest absolute Gasteiger partial charge is 0.358 e.